The maximum Gasteiger partial charge on any atom is 0.257 e. The van der Waals surface area contributed by atoms with Crippen molar-refractivity contribution in [2.45, 2.75) is 13.1 Å². The third-order valence-electron chi connectivity index (χ3n) is 3.02. The molecule has 0 bridgehead atoms. The number of hydrogen-bond donors (Lipinski definition) is 0. The van der Waals surface area contributed by atoms with Crippen molar-refractivity contribution in [1.29, 1.82) is 0 Å². The molecule has 18 heavy (non-hydrogen) atoms. The Kier molecular flexibility index (Phi) is 2.76. The molecule has 1 aliphatic rings. The number of aromatic nitrogens is 3. The lowest BCUT2D eigenvalue weighted by Gasteiger charge is -2.27. The summed E-state index contributed by atoms with van der Waals surface area (Å²) >= 11 is 5.94. The smallest absolute Gasteiger partial charge is 0.257 e. The SMILES string of the molecule is O=C(c1cccnc1Cl)N1CCn2ccnc2C1. The molecule has 0 aliphatic carbocycles. The maximum atomic E-state index is 12.3. The molecule has 3 heterocycles. The number of carbonyl (C=O) groups excluding carboxylic acids is 1. The third-order valence-corrected chi connectivity index (χ3v) is 3.32. The number of fused-ring (bicyclic) bond motifs is 1. The van der Waals surface area contributed by atoms with Crippen molar-refractivity contribution in [3.8, 4) is 0 Å². The Labute approximate surface area is 109 Å². The molecular formula is C12H11ClN4O. The lowest BCUT2D eigenvalue weighted by Crippen LogP contribution is -2.38. The molecule has 2 aromatic rings. The van der Waals surface area contributed by atoms with Gasteiger partial charge in [0.2, 0.25) is 0 Å². The number of amides is 1. The summed E-state index contributed by atoms with van der Waals surface area (Å²) in [7, 11) is 0. The summed E-state index contributed by atoms with van der Waals surface area (Å²) < 4.78 is 2.05. The number of halogens is 1. The molecule has 3 rings (SSSR count). The Hall–Kier alpha value is -1.88. The van der Waals surface area contributed by atoms with Crippen molar-refractivity contribution in [2.75, 3.05) is 6.54 Å². The van der Waals surface area contributed by atoms with Crippen molar-refractivity contribution >= 4 is 17.5 Å². The van der Waals surface area contributed by atoms with Crippen molar-refractivity contribution in [3.05, 3.63) is 47.3 Å². The number of carbonyl (C=O) groups is 1. The van der Waals surface area contributed by atoms with Gasteiger partial charge >= 0.3 is 0 Å². The lowest BCUT2D eigenvalue weighted by molar-refractivity contribution is 0.0707. The highest BCUT2D eigenvalue weighted by Gasteiger charge is 2.23. The van der Waals surface area contributed by atoms with Gasteiger partial charge in [-0.25, -0.2) is 9.97 Å². The van der Waals surface area contributed by atoms with Crippen LogP contribution in [0.3, 0.4) is 0 Å². The molecule has 0 atom stereocenters. The topological polar surface area (TPSA) is 51.0 Å². The Morgan fingerprint density at radius 2 is 2.17 bits per heavy atom. The van der Waals surface area contributed by atoms with E-state index in [2.05, 4.69) is 14.5 Å². The molecule has 6 heteroatoms. The molecular weight excluding hydrogens is 252 g/mol. The van der Waals surface area contributed by atoms with Gasteiger partial charge in [-0.2, -0.15) is 0 Å². The lowest BCUT2D eigenvalue weighted by atomic mass is 10.2. The van der Waals surface area contributed by atoms with Crippen LogP contribution in [-0.4, -0.2) is 31.9 Å². The van der Waals surface area contributed by atoms with E-state index in [-0.39, 0.29) is 11.1 Å². The molecule has 0 radical (unpaired) electrons. The number of hydrogen-bond acceptors (Lipinski definition) is 3. The van der Waals surface area contributed by atoms with Gasteiger partial charge in [0.1, 0.15) is 11.0 Å². The molecule has 2 aromatic heterocycles. The van der Waals surface area contributed by atoms with Gasteiger partial charge in [0.15, 0.2) is 0 Å². The van der Waals surface area contributed by atoms with Crippen LogP contribution in [0.4, 0.5) is 0 Å². The molecule has 1 aliphatic heterocycles. The highest BCUT2D eigenvalue weighted by molar-refractivity contribution is 6.32. The Bertz CT molecular complexity index is 595. The largest absolute Gasteiger partial charge is 0.332 e. The van der Waals surface area contributed by atoms with Gasteiger partial charge in [-0.05, 0) is 12.1 Å². The van der Waals surface area contributed by atoms with E-state index < -0.39 is 0 Å². The highest BCUT2D eigenvalue weighted by Crippen LogP contribution is 2.18. The molecule has 5 nitrogen and oxygen atoms in total. The zero-order chi connectivity index (χ0) is 12.5. The second-order valence-corrected chi connectivity index (χ2v) is 4.46. The second-order valence-electron chi connectivity index (χ2n) is 4.11. The molecule has 0 unspecified atom stereocenters. The molecule has 0 saturated heterocycles. The zero-order valence-electron chi connectivity index (χ0n) is 9.58. The van der Waals surface area contributed by atoms with Gasteiger partial charge in [-0.3, -0.25) is 4.79 Å². The predicted molar refractivity (Wildman–Crippen MR) is 66.2 cm³/mol. The van der Waals surface area contributed by atoms with Crippen LogP contribution in [0.1, 0.15) is 16.2 Å². The molecule has 0 spiro atoms. The van der Waals surface area contributed by atoms with Crippen molar-refractivity contribution in [3.63, 3.8) is 0 Å². The summed E-state index contributed by atoms with van der Waals surface area (Å²) in [6.07, 6.45) is 5.25. The molecule has 92 valence electrons. The Balaban J connectivity index is 1.85. The number of imidazole rings is 1. The molecule has 0 N–H and O–H groups in total. The average molecular weight is 263 g/mol. The fourth-order valence-corrected chi connectivity index (χ4v) is 2.26. The monoisotopic (exact) mass is 262 g/mol. The van der Waals surface area contributed by atoms with Crippen LogP contribution in [0.2, 0.25) is 5.15 Å². The predicted octanol–water partition coefficient (Wildman–Crippen LogP) is 1.59. The van der Waals surface area contributed by atoms with E-state index in [1.807, 2.05) is 6.20 Å². The van der Waals surface area contributed by atoms with Crippen molar-refractivity contribution in [1.82, 2.24) is 19.4 Å². The fourth-order valence-electron chi connectivity index (χ4n) is 2.06. The molecule has 0 aromatic carbocycles. The van der Waals surface area contributed by atoms with Gasteiger partial charge in [0.25, 0.3) is 5.91 Å². The first-order chi connectivity index (χ1) is 8.75. The quantitative estimate of drug-likeness (QED) is 0.734. The molecule has 0 saturated carbocycles. The first-order valence-electron chi connectivity index (χ1n) is 5.65. The van der Waals surface area contributed by atoms with Gasteiger partial charge in [0, 0.05) is 31.7 Å². The summed E-state index contributed by atoms with van der Waals surface area (Å²) in [6.45, 7) is 1.93. The number of pyridine rings is 1. The van der Waals surface area contributed by atoms with Gasteiger partial charge in [-0.1, -0.05) is 11.6 Å². The van der Waals surface area contributed by atoms with Crippen LogP contribution in [0.15, 0.2) is 30.7 Å². The molecule has 0 fully saturated rings. The van der Waals surface area contributed by atoms with Gasteiger partial charge in [-0.15, -0.1) is 0 Å². The fraction of sp³-hybridized carbons (Fsp3) is 0.250. The summed E-state index contributed by atoms with van der Waals surface area (Å²) in [5.41, 5.74) is 0.444. The third kappa shape index (κ3) is 1.86. The standard InChI is InChI=1S/C12H11ClN4O/c13-11-9(2-1-3-15-11)12(18)17-7-6-16-5-4-14-10(16)8-17/h1-5H,6-8H2. The van der Waals surface area contributed by atoms with E-state index in [9.17, 15) is 4.79 Å². The minimum Gasteiger partial charge on any atom is -0.332 e. The zero-order valence-corrected chi connectivity index (χ0v) is 10.3. The summed E-state index contributed by atoms with van der Waals surface area (Å²) in [5, 5.41) is 0.247. The number of nitrogens with zero attached hydrogens (tertiary/aromatic N) is 4. The average Bonchev–Trinajstić information content (AvgIpc) is 2.85. The summed E-state index contributed by atoms with van der Waals surface area (Å²) in [4.78, 5) is 22.2. The van der Waals surface area contributed by atoms with Crippen LogP contribution in [0.5, 0.6) is 0 Å². The number of rotatable bonds is 1. The minimum absolute atomic E-state index is 0.0950. The van der Waals surface area contributed by atoms with Crippen LogP contribution < -0.4 is 0 Å². The van der Waals surface area contributed by atoms with E-state index in [0.29, 0.717) is 18.7 Å². The van der Waals surface area contributed by atoms with Gasteiger partial charge in [0.05, 0.1) is 12.1 Å². The van der Waals surface area contributed by atoms with E-state index in [4.69, 9.17) is 11.6 Å². The summed E-state index contributed by atoms with van der Waals surface area (Å²) in [6, 6.07) is 3.41. The van der Waals surface area contributed by atoms with Gasteiger partial charge < -0.3 is 9.47 Å². The van der Waals surface area contributed by atoms with E-state index in [0.717, 1.165) is 12.4 Å². The van der Waals surface area contributed by atoms with Crippen molar-refractivity contribution in [2.24, 2.45) is 0 Å². The second kappa shape index (κ2) is 4.42. The van der Waals surface area contributed by atoms with Crippen LogP contribution in [0, 0.1) is 0 Å². The van der Waals surface area contributed by atoms with Crippen LogP contribution in [0.25, 0.3) is 0 Å². The Morgan fingerprint density at radius 3 is 3.00 bits per heavy atom. The Morgan fingerprint density at radius 1 is 1.28 bits per heavy atom. The maximum absolute atomic E-state index is 12.3. The van der Waals surface area contributed by atoms with Crippen LogP contribution >= 0.6 is 11.6 Å². The molecule has 1 amide bonds. The minimum atomic E-state index is -0.0950. The first-order valence-corrected chi connectivity index (χ1v) is 6.03. The van der Waals surface area contributed by atoms with Crippen LogP contribution in [-0.2, 0) is 13.1 Å². The van der Waals surface area contributed by atoms with E-state index >= 15 is 0 Å². The van der Waals surface area contributed by atoms with E-state index in [1.54, 1.807) is 29.4 Å². The van der Waals surface area contributed by atoms with E-state index in [1.165, 1.54) is 0 Å². The first kappa shape index (κ1) is 11.2. The highest BCUT2D eigenvalue weighted by atomic mass is 35.5. The summed E-state index contributed by atoms with van der Waals surface area (Å²) in [5.74, 6) is 0.803. The normalized spacial score (nSPS) is 14.4. The van der Waals surface area contributed by atoms with Crippen molar-refractivity contribution < 1.29 is 4.79 Å².